The zero-order valence-electron chi connectivity index (χ0n) is 15.1. The van der Waals surface area contributed by atoms with Crippen molar-refractivity contribution in [1.29, 1.82) is 0 Å². The van der Waals surface area contributed by atoms with Crippen molar-refractivity contribution >= 4 is 21.7 Å². The van der Waals surface area contributed by atoms with E-state index < -0.39 is 15.7 Å². The molecule has 0 unspecified atom stereocenters. The summed E-state index contributed by atoms with van der Waals surface area (Å²) in [6, 6.07) is 10.2. The highest BCUT2D eigenvalue weighted by atomic mass is 32.2. The van der Waals surface area contributed by atoms with Crippen LogP contribution in [-0.4, -0.2) is 33.4 Å². The second kappa shape index (κ2) is 7.35. The third kappa shape index (κ3) is 3.64. The number of guanidine groups is 1. The van der Waals surface area contributed by atoms with Crippen molar-refractivity contribution in [3.8, 4) is 0 Å². The Morgan fingerprint density at radius 2 is 2.00 bits per heavy atom. The molecule has 0 saturated heterocycles. The van der Waals surface area contributed by atoms with E-state index in [9.17, 15) is 17.6 Å². The van der Waals surface area contributed by atoms with E-state index in [4.69, 9.17) is 0 Å². The normalized spacial score (nSPS) is 19.0. The Labute approximate surface area is 162 Å². The van der Waals surface area contributed by atoms with Gasteiger partial charge < -0.3 is 5.32 Å². The number of halogens is 1. The molecule has 1 aliphatic carbocycles. The molecule has 1 amide bonds. The fourth-order valence-electron chi connectivity index (χ4n) is 3.72. The number of sulfone groups is 1. The lowest BCUT2D eigenvalue weighted by atomic mass is 9.83. The van der Waals surface area contributed by atoms with Gasteiger partial charge in [-0.15, -0.1) is 0 Å². The van der Waals surface area contributed by atoms with Crippen LogP contribution in [0.4, 0.5) is 4.39 Å². The molecule has 1 heterocycles. The number of fused-ring (bicyclic) bond motifs is 1. The SMILES string of the molecule is O=C1CN=C(NC[C@@H]2CCCc3cc(S(=O)(=O)c4cccc(F)c4)ccc32)N1. The van der Waals surface area contributed by atoms with Crippen LogP contribution in [0.5, 0.6) is 0 Å². The van der Waals surface area contributed by atoms with Gasteiger partial charge in [-0.3, -0.25) is 10.1 Å². The molecule has 8 heteroatoms. The Bertz CT molecular complexity index is 1070. The van der Waals surface area contributed by atoms with Crippen molar-refractivity contribution in [2.75, 3.05) is 13.1 Å². The summed E-state index contributed by atoms with van der Waals surface area (Å²) < 4.78 is 39.2. The first-order valence-corrected chi connectivity index (χ1v) is 10.6. The summed E-state index contributed by atoms with van der Waals surface area (Å²) in [5.41, 5.74) is 2.09. The molecule has 28 heavy (non-hydrogen) atoms. The van der Waals surface area contributed by atoms with Crippen LogP contribution in [-0.2, 0) is 21.1 Å². The molecule has 0 radical (unpaired) electrons. The molecule has 0 saturated carbocycles. The standard InChI is InChI=1S/C20H20FN3O3S/c21-15-5-2-6-16(10-15)28(26,27)17-7-8-18-13(9-17)3-1-4-14(18)11-22-20-23-12-19(25)24-20/h2,5-10,14H,1,3-4,11-12H2,(H2,22,23,24,25)/t14-/m0/s1. The molecule has 1 atom stereocenters. The molecule has 0 fully saturated rings. The molecule has 0 bridgehead atoms. The minimum Gasteiger partial charge on any atom is -0.355 e. The number of aryl methyl sites for hydroxylation is 1. The first kappa shape index (κ1) is 18.6. The van der Waals surface area contributed by atoms with Crippen LogP contribution in [0.3, 0.4) is 0 Å². The number of hydrogen-bond donors (Lipinski definition) is 2. The minimum absolute atomic E-state index is 0.0449. The van der Waals surface area contributed by atoms with E-state index in [1.54, 1.807) is 12.1 Å². The molecule has 2 aromatic rings. The van der Waals surface area contributed by atoms with Crippen molar-refractivity contribution in [2.45, 2.75) is 35.0 Å². The fraction of sp³-hybridized carbons (Fsp3) is 0.300. The van der Waals surface area contributed by atoms with Crippen molar-refractivity contribution in [3.05, 3.63) is 59.4 Å². The monoisotopic (exact) mass is 401 g/mol. The second-order valence-electron chi connectivity index (χ2n) is 7.00. The predicted octanol–water partition coefficient (Wildman–Crippen LogP) is 2.15. The number of hydrogen-bond acceptors (Lipinski definition) is 5. The van der Waals surface area contributed by atoms with Crippen LogP contribution in [0.15, 0.2) is 57.2 Å². The zero-order chi connectivity index (χ0) is 19.7. The highest BCUT2D eigenvalue weighted by molar-refractivity contribution is 7.91. The number of nitrogens with zero attached hydrogens (tertiary/aromatic N) is 1. The van der Waals surface area contributed by atoms with E-state index in [2.05, 4.69) is 15.6 Å². The van der Waals surface area contributed by atoms with E-state index in [0.29, 0.717) is 12.5 Å². The van der Waals surface area contributed by atoms with Gasteiger partial charge in [0.15, 0.2) is 5.96 Å². The van der Waals surface area contributed by atoms with Crippen molar-refractivity contribution in [3.63, 3.8) is 0 Å². The topological polar surface area (TPSA) is 87.6 Å². The maximum Gasteiger partial charge on any atom is 0.248 e. The lowest BCUT2D eigenvalue weighted by Crippen LogP contribution is -2.38. The summed E-state index contributed by atoms with van der Waals surface area (Å²) in [6.07, 6.45) is 2.72. The van der Waals surface area contributed by atoms with Gasteiger partial charge in [0.1, 0.15) is 12.4 Å². The Morgan fingerprint density at radius 3 is 2.75 bits per heavy atom. The summed E-state index contributed by atoms with van der Waals surface area (Å²) in [5.74, 6) is -0.0110. The lowest BCUT2D eigenvalue weighted by molar-refractivity contribution is -0.117. The van der Waals surface area contributed by atoms with E-state index in [0.717, 1.165) is 36.5 Å². The Kier molecular flexibility index (Phi) is 4.89. The third-order valence-corrected chi connectivity index (χ3v) is 6.87. The number of nitrogens with one attached hydrogen (secondary N) is 2. The van der Waals surface area contributed by atoms with Gasteiger partial charge in [0.25, 0.3) is 0 Å². The van der Waals surface area contributed by atoms with Crippen LogP contribution in [0.2, 0.25) is 0 Å². The fourth-order valence-corrected chi connectivity index (χ4v) is 5.06. The van der Waals surface area contributed by atoms with Gasteiger partial charge in [0, 0.05) is 12.5 Å². The van der Waals surface area contributed by atoms with Gasteiger partial charge in [-0.05, 0) is 60.7 Å². The molecule has 2 aromatic carbocycles. The van der Waals surface area contributed by atoms with Crippen molar-refractivity contribution in [1.82, 2.24) is 10.6 Å². The molecular weight excluding hydrogens is 381 g/mol. The number of aliphatic imine (C=N–C) groups is 1. The highest BCUT2D eigenvalue weighted by Crippen LogP contribution is 2.34. The molecular formula is C20H20FN3O3S. The highest BCUT2D eigenvalue weighted by Gasteiger charge is 2.25. The van der Waals surface area contributed by atoms with Crippen LogP contribution < -0.4 is 10.6 Å². The predicted molar refractivity (Wildman–Crippen MR) is 102 cm³/mol. The quantitative estimate of drug-likeness (QED) is 0.822. The summed E-state index contributed by atoms with van der Waals surface area (Å²) in [4.78, 5) is 15.4. The lowest BCUT2D eigenvalue weighted by Gasteiger charge is -2.26. The van der Waals surface area contributed by atoms with E-state index in [1.807, 2.05) is 6.07 Å². The Hall–Kier alpha value is -2.74. The summed E-state index contributed by atoms with van der Waals surface area (Å²) >= 11 is 0. The Balaban J connectivity index is 1.57. The maximum absolute atomic E-state index is 13.5. The van der Waals surface area contributed by atoms with Crippen LogP contribution in [0.1, 0.15) is 29.9 Å². The smallest absolute Gasteiger partial charge is 0.248 e. The van der Waals surface area contributed by atoms with Gasteiger partial charge >= 0.3 is 0 Å². The second-order valence-corrected chi connectivity index (χ2v) is 8.95. The first-order chi connectivity index (χ1) is 13.4. The number of carbonyl (C=O) groups excluding carboxylic acids is 1. The summed E-state index contributed by atoms with van der Waals surface area (Å²) in [7, 11) is -3.77. The number of carbonyl (C=O) groups is 1. The van der Waals surface area contributed by atoms with Crippen LogP contribution in [0.25, 0.3) is 0 Å². The summed E-state index contributed by atoms with van der Waals surface area (Å²) in [6.45, 7) is 0.757. The Morgan fingerprint density at radius 1 is 1.18 bits per heavy atom. The van der Waals surface area contributed by atoms with Crippen LogP contribution in [0, 0.1) is 5.82 Å². The van der Waals surface area contributed by atoms with Gasteiger partial charge in [-0.1, -0.05) is 12.1 Å². The summed E-state index contributed by atoms with van der Waals surface area (Å²) in [5, 5.41) is 5.82. The van der Waals surface area contributed by atoms with E-state index >= 15 is 0 Å². The molecule has 4 rings (SSSR count). The van der Waals surface area contributed by atoms with Crippen molar-refractivity contribution < 1.29 is 17.6 Å². The third-order valence-electron chi connectivity index (χ3n) is 5.12. The van der Waals surface area contributed by atoms with Crippen LogP contribution >= 0.6 is 0 Å². The largest absolute Gasteiger partial charge is 0.355 e. The first-order valence-electron chi connectivity index (χ1n) is 9.15. The molecule has 1 aliphatic heterocycles. The minimum atomic E-state index is -3.77. The van der Waals surface area contributed by atoms with E-state index in [1.165, 1.54) is 18.2 Å². The van der Waals surface area contributed by atoms with Gasteiger partial charge in [-0.2, -0.15) is 0 Å². The zero-order valence-corrected chi connectivity index (χ0v) is 15.9. The van der Waals surface area contributed by atoms with Gasteiger partial charge in [0.2, 0.25) is 15.7 Å². The molecule has 2 aliphatic rings. The molecule has 0 aromatic heterocycles. The molecule has 0 spiro atoms. The maximum atomic E-state index is 13.5. The number of amides is 1. The number of benzene rings is 2. The van der Waals surface area contributed by atoms with Gasteiger partial charge in [-0.25, -0.2) is 17.8 Å². The van der Waals surface area contributed by atoms with Crippen molar-refractivity contribution in [2.24, 2.45) is 4.99 Å². The average Bonchev–Trinajstić information content (AvgIpc) is 3.11. The average molecular weight is 401 g/mol. The van der Waals surface area contributed by atoms with E-state index in [-0.39, 0.29) is 28.2 Å². The van der Waals surface area contributed by atoms with Gasteiger partial charge in [0.05, 0.1) is 9.79 Å². The number of rotatable bonds is 4. The molecule has 2 N–H and O–H groups in total. The molecule has 146 valence electrons. The molecule has 6 nitrogen and oxygen atoms in total.